The molecule has 1 N–H and O–H groups in total. The van der Waals surface area contributed by atoms with Crippen molar-refractivity contribution in [3.05, 3.63) is 57.6 Å². The first kappa shape index (κ1) is 22.4. The predicted octanol–water partition coefficient (Wildman–Crippen LogP) is 7.28. The Kier molecular flexibility index (Phi) is 6.35. The molecule has 0 spiro atoms. The maximum Gasteiger partial charge on any atom is 0.161 e. The monoisotopic (exact) mass is 473 g/mol. The molecule has 172 valence electrons. The Bertz CT molecular complexity index is 921. The molecule has 0 radical (unpaired) electrons. The van der Waals surface area contributed by atoms with Crippen LogP contribution < -0.4 is 14.8 Å². The van der Waals surface area contributed by atoms with E-state index < -0.39 is 0 Å². The summed E-state index contributed by atoms with van der Waals surface area (Å²) in [6.07, 6.45) is 8.74. The third-order valence-electron chi connectivity index (χ3n) is 8.28. The van der Waals surface area contributed by atoms with Crippen molar-refractivity contribution in [2.45, 2.75) is 64.6 Å². The third-order valence-corrected chi connectivity index (χ3v) is 8.99. The molecule has 1 unspecified atom stereocenters. The van der Waals surface area contributed by atoms with Gasteiger partial charge in [0, 0.05) is 28.2 Å². The Morgan fingerprint density at radius 2 is 1.59 bits per heavy atom. The highest BCUT2D eigenvalue weighted by Crippen LogP contribution is 2.61. The van der Waals surface area contributed by atoms with Crippen LogP contribution in [0.25, 0.3) is 0 Å². The molecule has 2 aromatic carbocycles. The van der Waals surface area contributed by atoms with Crippen LogP contribution in [0, 0.1) is 23.2 Å². The van der Waals surface area contributed by atoms with E-state index in [9.17, 15) is 0 Å². The van der Waals surface area contributed by atoms with Gasteiger partial charge in [0.25, 0.3) is 0 Å². The lowest BCUT2D eigenvalue weighted by molar-refractivity contribution is -0.0706. The first-order chi connectivity index (χ1) is 15.5. The fourth-order valence-electron chi connectivity index (χ4n) is 6.96. The van der Waals surface area contributed by atoms with E-state index in [4.69, 9.17) is 32.7 Å². The minimum Gasteiger partial charge on any atom is -0.493 e. The van der Waals surface area contributed by atoms with Crippen LogP contribution in [0.3, 0.4) is 0 Å². The van der Waals surface area contributed by atoms with E-state index in [1.54, 1.807) is 7.11 Å². The smallest absolute Gasteiger partial charge is 0.161 e. The highest BCUT2D eigenvalue weighted by molar-refractivity contribution is 6.35. The van der Waals surface area contributed by atoms with E-state index in [2.05, 4.69) is 24.4 Å². The Morgan fingerprint density at radius 3 is 2.19 bits per heavy atom. The van der Waals surface area contributed by atoms with Crippen molar-refractivity contribution >= 4 is 23.2 Å². The molecule has 0 saturated heterocycles. The molecular formula is C27H33Cl2NO2. The molecule has 0 amide bonds. The van der Waals surface area contributed by atoms with Crippen LogP contribution in [-0.4, -0.2) is 13.2 Å². The number of nitrogens with one attached hydrogen (secondary N) is 1. The molecule has 0 aromatic heterocycles. The number of hydrogen-bond acceptors (Lipinski definition) is 3. The summed E-state index contributed by atoms with van der Waals surface area (Å²) in [6.45, 7) is 3.56. The summed E-state index contributed by atoms with van der Waals surface area (Å²) in [6, 6.07) is 12.2. The largest absolute Gasteiger partial charge is 0.493 e. The Morgan fingerprint density at radius 1 is 0.969 bits per heavy atom. The lowest BCUT2D eigenvalue weighted by Gasteiger charge is -2.59. The Labute approximate surface area is 201 Å². The van der Waals surface area contributed by atoms with Gasteiger partial charge in [-0.05, 0) is 98.4 Å². The fourth-order valence-corrected chi connectivity index (χ4v) is 7.46. The number of halogens is 2. The molecule has 4 aliphatic rings. The van der Waals surface area contributed by atoms with Gasteiger partial charge in [0.2, 0.25) is 0 Å². The molecule has 4 bridgehead atoms. The number of hydrogen-bond donors (Lipinski definition) is 1. The molecule has 6 rings (SSSR count). The zero-order chi connectivity index (χ0) is 22.3. The quantitative estimate of drug-likeness (QED) is 0.436. The molecule has 32 heavy (non-hydrogen) atoms. The van der Waals surface area contributed by atoms with Crippen LogP contribution in [0.2, 0.25) is 10.0 Å². The second-order valence-electron chi connectivity index (χ2n) is 10.4. The van der Waals surface area contributed by atoms with E-state index in [0.717, 1.165) is 35.6 Å². The summed E-state index contributed by atoms with van der Waals surface area (Å²) >= 11 is 12.5. The van der Waals surface area contributed by atoms with Gasteiger partial charge in [0.15, 0.2) is 11.5 Å². The van der Waals surface area contributed by atoms with Gasteiger partial charge in [-0.15, -0.1) is 0 Å². The van der Waals surface area contributed by atoms with Crippen molar-refractivity contribution < 1.29 is 9.47 Å². The van der Waals surface area contributed by atoms with Gasteiger partial charge in [-0.2, -0.15) is 0 Å². The topological polar surface area (TPSA) is 30.5 Å². The molecular weight excluding hydrogens is 441 g/mol. The van der Waals surface area contributed by atoms with Crippen LogP contribution in [-0.2, 0) is 13.2 Å². The van der Waals surface area contributed by atoms with Gasteiger partial charge in [-0.25, -0.2) is 0 Å². The molecule has 0 aliphatic heterocycles. The lowest BCUT2D eigenvalue weighted by atomic mass is 9.48. The first-order valence-corrected chi connectivity index (χ1v) is 12.7. The molecule has 0 heterocycles. The van der Waals surface area contributed by atoms with Crippen LogP contribution >= 0.6 is 23.2 Å². The average molecular weight is 474 g/mol. The van der Waals surface area contributed by atoms with Crippen LogP contribution in [0.1, 0.15) is 56.6 Å². The maximum atomic E-state index is 6.27. The second-order valence-corrected chi connectivity index (χ2v) is 11.2. The number of benzene rings is 2. The molecule has 4 saturated carbocycles. The highest BCUT2D eigenvalue weighted by atomic mass is 35.5. The van der Waals surface area contributed by atoms with Crippen molar-refractivity contribution in [2.24, 2.45) is 23.2 Å². The lowest BCUT2D eigenvalue weighted by Crippen LogP contribution is -2.54. The molecule has 2 aromatic rings. The van der Waals surface area contributed by atoms with E-state index in [1.807, 2.05) is 24.3 Å². The molecule has 5 heteroatoms. The van der Waals surface area contributed by atoms with Crippen LogP contribution in [0.4, 0.5) is 0 Å². The van der Waals surface area contributed by atoms with Gasteiger partial charge in [0.05, 0.1) is 7.11 Å². The standard InChI is InChI=1S/C27H33Cl2NO2/c1-17(27-12-19-8-20(13-27)10-21(9-19)14-27)30-15-18-6-7-25(26(11-18)31-2)32-16-22-23(28)4-3-5-24(22)29/h3-7,11,17,19-21,30H,8-10,12-16H2,1-2H3. The van der Waals surface area contributed by atoms with Gasteiger partial charge in [-0.3, -0.25) is 0 Å². The summed E-state index contributed by atoms with van der Waals surface area (Å²) in [7, 11) is 1.68. The van der Waals surface area contributed by atoms with Crippen molar-refractivity contribution in [3.8, 4) is 11.5 Å². The van der Waals surface area contributed by atoms with E-state index in [0.29, 0.717) is 33.9 Å². The number of rotatable bonds is 8. The fraction of sp³-hybridized carbons (Fsp3) is 0.556. The van der Waals surface area contributed by atoms with Gasteiger partial charge >= 0.3 is 0 Å². The van der Waals surface area contributed by atoms with Crippen LogP contribution in [0.5, 0.6) is 11.5 Å². The second kappa shape index (κ2) is 9.08. The zero-order valence-corrected chi connectivity index (χ0v) is 20.5. The van der Waals surface area contributed by atoms with E-state index in [1.165, 1.54) is 44.1 Å². The number of ether oxygens (including phenoxy) is 2. The Balaban J connectivity index is 1.22. The van der Waals surface area contributed by atoms with Crippen molar-refractivity contribution in [1.82, 2.24) is 5.32 Å². The first-order valence-electron chi connectivity index (χ1n) is 11.9. The summed E-state index contributed by atoms with van der Waals surface area (Å²) in [5.74, 6) is 4.37. The van der Waals surface area contributed by atoms with Crippen LogP contribution in [0.15, 0.2) is 36.4 Å². The summed E-state index contributed by atoms with van der Waals surface area (Å²) in [5, 5.41) is 5.08. The normalized spacial score (nSPS) is 29.2. The Hall–Kier alpha value is -1.42. The third kappa shape index (κ3) is 4.36. The minimum absolute atomic E-state index is 0.301. The summed E-state index contributed by atoms with van der Waals surface area (Å²) in [5.41, 5.74) is 2.51. The molecule has 4 fully saturated rings. The summed E-state index contributed by atoms with van der Waals surface area (Å²) < 4.78 is 11.6. The van der Waals surface area contributed by atoms with Gasteiger partial charge < -0.3 is 14.8 Å². The van der Waals surface area contributed by atoms with Crippen molar-refractivity contribution in [1.29, 1.82) is 0 Å². The average Bonchev–Trinajstić information content (AvgIpc) is 2.76. The zero-order valence-electron chi connectivity index (χ0n) is 19.0. The molecule has 4 aliphatic carbocycles. The van der Waals surface area contributed by atoms with Crippen molar-refractivity contribution in [2.75, 3.05) is 7.11 Å². The van der Waals surface area contributed by atoms with E-state index in [-0.39, 0.29) is 0 Å². The maximum absolute atomic E-state index is 6.27. The number of methoxy groups -OCH3 is 1. The van der Waals surface area contributed by atoms with Gasteiger partial charge in [0.1, 0.15) is 6.61 Å². The molecule has 3 nitrogen and oxygen atoms in total. The highest BCUT2D eigenvalue weighted by Gasteiger charge is 2.52. The molecule has 1 atom stereocenters. The van der Waals surface area contributed by atoms with Gasteiger partial charge in [-0.1, -0.05) is 35.3 Å². The predicted molar refractivity (Wildman–Crippen MR) is 131 cm³/mol. The van der Waals surface area contributed by atoms with Crippen molar-refractivity contribution in [3.63, 3.8) is 0 Å². The SMILES string of the molecule is COc1cc(CNC(C)C23CC4CC(CC(C4)C2)C3)ccc1OCc1c(Cl)cccc1Cl. The minimum atomic E-state index is 0.301. The van der Waals surface area contributed by atoms with E-state index >= 15 is 0 Å². The summed E-state index contributed by atoms with van der Waals surface area (Å²) in [4.78, 5) is 0.